The predicted octanol–water partition coefficient (Wildman–Crippen LogP) is 1.32. The molecule has 1 N–H and O–H groups in total. The lowest BCUT2D eigenvalue weighted by atomic mass is 9.99. The van der Waals surface area contributed by atoms with E-state index in [2.05, 4.69) is 0 Å². The molecular formula is C14H27N3O3. The van der Waals surface area contributed by atoms with Gasteiger partial charge in [-0.05, 0) is 47.7 Å². The van der Waals surface area contributed by atoms with Crippen molar-refractivity contribution in [2.24, 2.45) is 0 Å². The second-order valence-corrected chi connectivity index (χ2v) is 6.01. The minimum atomic E-state index is -1.07. The summed E-state index contributed by atoms with van der Waals surface area (Å²) in [6.45, 7) is 7.43. The number of likely N-dealkylation sites (N-methyl/N-ethyl adjacent to an activating group) is 2. The van der Waals surface area contributed by atoms with Gasteiger partial charge in [-0.3, -0.25) is 0 Å². The van der Waals surface area contributed by atoms with Crippen molar-refractivity contribution >= 4 is 12.0 Å². The average Bonchev–Trinajstić information content (AvgIpc) is 2.72. The normalized spacial score (nSPS) is 24.0. The van der Waals surface area contributed by atoms with Crippen LogP contribution in [0.15, 0.2) is 0 Å². The van der Waals surface area contributed by atoms with Crippen LogP contribution in [0.1, 0.15) is 33.6 Å². The lowest BCUT2D eigenvalue weighted by Gasteiger charge is -2.38. The first-order valence-corrected chi connectivity index (χ1v) is 7.20. The molecule has 0 spiro atoms. The molecule has 1 aliphatic heterocycles. The van der Waals surface area contributed by atoms with Gasteiger partial charge in [0.2, 0.25) is 0 Å². The summed E-state index contributed by atoms with van der Waals surface area (Å²) >= 11 is 0. The summed E-state index contributed by atoms with van der Waals surface area (Å²) in [6, 6.07) is -0.106. The van der Waals surface area contributed by atoms with E-state index in [-0.39, 0.29) is 12.1 Å². The molecule has 1 heterocycles. The zero-order chi connectivity index (χ0) is 15.5. The van der Waals surface area contributed by atoms with E-state index in [9.17, 15) is 14.7 Å². The number of likely N-dealkylation sites (tertiary alicyclic amines) is 1. The first-order valence-electron chi connectivity index (χ1n) is 7.20. The van der Waals surface area contributed by atoms with Crippen LogP contribution in [0.25, 0.3) is 0 Å². The maximum Gasteiger partial charge on any atom is 0.329 e. The number of aliphatic carboxylic acids is 1. The maximum atomic E-state index is 12.7. The molecule has 2 amide bonds. The molecule has 1 saturated heterocycles. The predicted molar refractivity (Wildman–Crippen MR) is 77.8 cm³/mol. The Morgan fingerprint density at radius 1 is 1.40 bits per heavy atom. The van der Waals surface area contributed by atoms with E-state index in [4.69, 9.17) is 0 Å². The molecule has 1 rings (SSSR count). The minimum absolute atomic E-state index is 0.0566. The molecule has 0 aromatic heterocycles. The summed E-state index contributed by atoms with van der Waals surface area (Å²) < 4.78 is 0. The summed E-state index contributed by atoms with van der Waals surface area (Å²) in [6.07, 6.45) is 1.27. The van der Waals surface area contributed by atoms with Gasteiger partial charge in [0, 0.05) is 25.7 Å². The Morgan fingerprint density at radius 3 is 2.45 bits per heavy atom. The molecule has 116 valence electrons. The van der Waals surface area contributed by atoms with Crippen molar-refractivity contribution < 1.29 is 14.7 Å². The summed E-state index contributed by atoms with van der Waals surface area (Å²) in [5.41, 5.74) is -1.07. The van der Waals surface area contributed by atoms with Gasteiger partial charge in [-0.2, -0.15) is 0 Å². The highest BCUT2D eigenvalue weighted by molar-refractivity contribution is 5.86. The van der Waals surface area contributed by atoms with Gasteiger partial charge in [0.05, 0.1) is 0 Å². The molecule has 0 aliphatic carbocycles. The van der Waals surface area contributed by atoms with Crippen LogP contribution in [-0.4, -0.2) is 77.1 Å². The number of carboxylic acids is 1. The second-order valence-electron chi connectivity index (χ2n) is 6.01. The summed E-state index contributed by atoms with van der Waals surface area (Å²) in [5.74, 6) is -0.917. The van der Waals surface area contributed by atoms with Crippen molar-refractivity contribution in [3.63, 3.8) is 0 Å². The Hall–Kier alpha value is -1.30. The van der Waals surface area contributed by atoms with Crippen LogP contribution in [0.3, 0.4) is 0 Å². The zero-order valence-corrected chi connectivity index (χ0v) is 13.2. The Bertz CT molecular complexity index is 373. The van der Waals surface area contributed by atoms with E-state index >= 15 is 0 Å². The minimum Gasteiger partial charge on any atom is -0.480 e. The Balaban J connectivity index is 2.88. The van der Waals surface area contributed by atoms with Gasteiger partial charge in [-0.1, -0.05) is 0 Å². The van der Waals surface area contributed by atoms with Crippen molar-refractivity contribution in [3.8, 4) is 0 Å². The molecule has 0 saturated carbocycles. The number of nitrogens with zero attached hydrogens (tertiary/aromatic N) is 3. The van der Waals surface area contributed by atoms with Crippen molar-refractivity contribution in [2.75, 3.05) is 33.7 Å². The van der Waals surface area contributed by atoms with Gasteiger partial charge < -0.3 is 19.8 Å². The highest BCUT2D eigenvalue weighted by Gasteiger charge is 2.47. The van der Waals surface area contributed by atoms with E-state index in [0.29, 0.717) is 19.5 Å². The largest absolute Gasteiger partial charge is 0.480 e. The van der Waals surface area contributed by atoms with Crippen LogP contribution < -0.4 is 0 Å². The molecule has 20 heavy (non-hydrogen) atoms. The first kappa shape index (κ1) is 16.8. The molecule has 0 aromatic carbocycles. The molecule has 2 atom stereocenters. The monoisotopic (exact) mass is 285 g/mol. The van der Waals surface area contributed by atoms with Crippen LogP contribution in [0.4, 0.5) is 4.79 Å². The van der Waals surface area contributed by atoms with Gasteiger partial charge in [0.1, 0.15) is 5.54 Å². The first-order chi connectivity index (χ1) is 9.24. The van der Waals surface area contributed by atoms with Crippen LogP contribution in [-0.2, 0) is 4.79 Å². The van der Waals surface area contributed by atoms with E-state index in [1.807, 2.05) is 32.8 Å². The average molecular weight is 285 g/mol. The lowest BCUT2D eigenvalue weighted by Crippen LogP contribution is -2.57. The number of rotatable bonds is 5. The van der Waals surface area contributed by atoms with Crippen molar-refractivity contribution in [3.05, 3.63) is 0 Å². The molecular weight excluding hydrogens is 258 g/mol. The summed E-state index contributed by atoms with van der Waals surface area (Å²) in [4.78, 5) is 29.5. The van der Waals surface area contributed by atoms with Crippen LogP contribution >= 0.6 is 0 Å². The smallest absolute Gasteiger partial charge is 0.329 e. The topological polar surface area (TPSA) is 64.1 Å². The van der Waals surface area contributed by atoms with Crippen molar-refractivity contribution in [2.45, 2.75) is 45.2 Å². The number of carbonyl (C=O) groups excluding carboxylic acids is 1. The maximum absolute atomic E-state index is 12.7. The molecule has 1 aliphatic rings. The van der Waals surface area contributed by atoms with Gasteiger partial charge in [0.25, 0.3) is 0 Å². The number of hydrogen-bond donors (Lipinski definition) is 1. The third-order valence-corrected chi connectivity index (χ3v) is 4.08. The van der Waals surface area contributed by atoms with Crippen LogP contribution in [0.2, 0.25) is 0 Å². The molecule has 0 bridgehead atoms. The van der Waals surface area contributed by atoms with E-state index in [0.717, 1.165) is 13.0 Å². The highest BCUT2D eigenvalue weighted by Crippen LogP contribution is 2.30. The Kier molecular flexibility index (Phi) is 5.39. The summed E-state index contributed by atoms with van der Waals surface area (Å²) in [5, 5.41) is 9.41. The van der Waals surface area contributed by atoms with E-state index in [1.54, 1.807) is 11.8 Å². The van der Waals surface area contributed by atoms with Crippen molar-refractivity contribution in [1.82, 2.24) is 14.7 Å². The SMILES string of the molecule is CCN(C(=O)N1CCCC1(C)C(=O)O)C(C)CN(C)C. The highest BCUT2D eigenvalue weighted by atomic mass is 16.4. The number of carboxylic acid groups (broad SMARTS) is 1. The second kappa shape index (κ2) is 6.43. The molecule has 1 fully saturated rings. The number of hydrogen-bond acceptors (Lipinski definition) is 3. The Morgan fingerprint density at radius 2 is 2.00 bits per heavy atom. The molecule has 0 aromatic rings. The van der Waals surface area contributed by atoms with Gasteiger partial charge >= 0.3 is 12.0 Å². The fourth-order valence-corrected chi connectivity index (χ4v) is 2.91. The molecule has 0 radical (unpaired) electrons. The third kappa shape index (κ3) is 3.23. The fraction of sp³-hybridized carbons (Fsp3) is 0.857. The number of urea groups is 1. The standard InChI is InChI=1S/C14H27N3O3/c1-6-16(11(2)10-15(4)5)13(20)17-9-7-8-14(17,3)12(18)19/h11H,6-10H2,1-5H3,(H,18,19). The van der Waals surface area contributed by atoms with Gasteiger partial charge in [-0.15, -0.1) is 0 Å². The molecule has 2 unspecified atom stereocenters. The van der Waals surface area contributed by atoms with Gasteiger partial charge in [-0.25, -0.2) is 9.59 Å². The quantitative estimate of drug-likeness (QED) is 0.827. The Labute approximate surface area is 121 Å². The van der Waals surface area contributed by atoms with E-state index in [1.165, 1.54) is 4.90 Å². The van der Waals surface area contributed by atoms with Gasteiger partial charge in [0.15, 0.2) is 0 Å². The van der Waals surface area contributed by atoms with Crippen molar-refractivity contribution in [1.29, 1.82) is 0 Å². The van der Waals surface area contributed by atoms with Crippen LogP contribution in [0.5, 0.6) is 0 Å². The zero-order valence-electron chi connectivity index (χ0n) is 13.2. The van der Waals surface area contributed by atoms with Crippen LogP contribution in [0, 0.1) is 0 Å². The number of carbonyl (C=O) groups is 2. The summed E-state index contributed by atoms with van der Waals surface area (Å²) in [7, 11) is 3.93. The molecule has 6 nitrogen and oxygen atoms in total. The lowest BCUT2D eigenvalue weighted by molar-refractivity contribution is -0.147. The van der Waals surface area contributed by atoms with E-state index < -0.39 is 11.5 Å². The fourth-order valence-electron chi connectivity index (χ4n) is 2.91. The third-order valence-electron chi connectivity index (χ3n) is 4.08. The number of amides is 2. The molecule has 6 heteroatoms.